The first-order valence-corrected chi connectivity index (χ1v) is 9.65. The molecule has 140 valence electrons. The van der Waals surface area contributed by atoms with Crippen LogP contribution in [0.2, 0.25) is 0 Å². The van der Waals surface area contributed by atoms with Gasteiger partial charge in [0.1, 0.15) is 19.2 Å². The van der Waals surface area contributed by atoms with Crippen LogP contribution < -0.4 is 5.11 Å². The molecule has 7 nitrogen and oxygen atoms in total. The van der Waals surface area contributed by atoms with Crippen LogP contribution in [-0.4, -0.2) is 84.2 Å². The molecule has 1 amide bonds. The number of aliphatic hydroxyl groups excluding tert-OH is 1. The minimum absolute atomic E-state index is 0.0195. The van der Waals surface area contributed by atoms with Gasteiger partial charge in [-0.3, -0.25) is 4.79 Å². The molecule has 0 spiro atoms. The molecule has 3 rings (SSSR count). The number of ether oxygens (including phenoxy) is 1. The van der Waals surface area contributed by atoms with Crippen molar-refractivity contribution in [2.75, 3.05) is 39.5 Å². The van der Waals surface area contributed by atoms with Crippen molar-refractivity contribution in [3.8, 4) is 0 Å². The monoisotopic (exact) mass is 370 g/mol. The summed E-state index contributed by atoms with van der Waals surface area (Å²) in [4.78, 5) is 25.9. The van der Waals surface area contributed by atoms with Crippen molar-refractivity contribution in [2.45, 2.75) is 32.1 Å². The van der Waals surface area contributed by atoms with Crippen molar-refractivity contribution in [3.05, 3.63) is 10.6 Å². The summed E-state index contributed by atoms with van der Waals surface area (Å²) in [6.07, 6.45) is -0.740. The number of rotatable bonds is 5. The molecule has 3 heterocycles. The summed E-state index contributed by atoms with van der Waals surface area (Å²) in [5, 5.41) is 21.5. The molecule has 0 aromatic heterocycles. The number of quaternary nitrogens is 1. The predicted molar refractivity (Wildman–Crippen MR) is 91.0 cm³/mol. The molecular weight excluding hydrogens is 344 g/mol. The Bertz CT molecular complexity index is 618. The Kier molecular flexibility index (Phi) is 4.91. The number of hydrogen-bond acceptors (Lipinski definition) is 6. The lowest BCUT2D eigenvalue weighted by Gasteiger charge is -2.47. The van der Waals surface area contributed by atoms with Crippen molar-refractivity contribution in [1.82, 2.24) is 4.90 Å². The second kappa shape index (κ2) is 6.57. The van der Waals surface area contributed by atoms with E-state index in [0.29, 0.717) is 17.3 Å². The Morgan fingerprint density at radius 3 is 2.76 bits per heavy atom. The van der Waals surface area contributed by atoms with Gasteiger partial charge >= 0.3 is 0 Å². The third-order valence-electron chi connectivity index (χ3n) is 5.47. The fourth-order valence-corrected chi connectivity index (χ4v) is 5.44. The van der Waals surface area contributed by atoms with Crippen LogP contribution in [0.1, 0.15) is 13.8 Å². The third kappa shape index (κ3) is 3.20. The number of likely N-dealkylation sites (N-methyl/N-ethyl adjacent to an activating group) is 1. The highest BCUT2D eigenvalue weighted by Crippen LogP contribution is 2.50. The number of hydrogen-bond donors (Lipinski definition) is 1. The van der Waals surface area contributed by atoms with E-state index in [9.17, 15) is 19.8 Å². The number of aliphatic hydroxyl groups is 1. The van der Waals surface area contributed by atoms with E-state index in [-0.39, 0.29) is 29.7 Å². The van der Waals surface area contributed by atoms with Gasteiger partial charge in [-0.05, 0) is 6.92 Å². The molecule has 1 N–H and O–H groups in total. The molecule has 3 aliphatic rings. The Balaban J connectivity index is 1.75. The lowest BCUT2D eigenvalue weighted by molar-refractivity contribution is -0.901. The van der Waals surface area contributed by atoms with Gasteiger partial charge < -0.3 is 29.1 Å². The van der Waals surface area contributed by atoms with E-state index in [4.69, 9.17) is 4.74 Å². The van der Waals surface area contributed by atoms with E-state index in [1.807, 2.05) is 6.92 Å². The average molecular weight is 370 g/mol. The number of carbonyl (C=O) groups is 2. The molecule has 3 aliphatic heterocycles. The summed E-state index contributed by atoms with van der Waals surface area (Å²) in [6.45, 7) is 6.02. The number of carboxylic acids is 1. The van der Waals surface area contributed by atoms with Crippen molar-refractivity contribution < 1.29 is 29.0 Å². The second-order valence-corrected chi connectivity index (χ2v) is 8.96. The van der Waals surface area contributed by atoms with Crippen molar-refractivity contribution >= 4 is 23.6 Å². The number of amides is 1. The third-order valence-corrected chi connectivity index (χ3v) is 6.89. The zero-order chi connectivity index (χ0) is 18.5. The molecule has 0 aromatic carbocycles. The average Bonchev–Trinajstić information content (AvgIpc) is 2.73. The predicted octanol–water partition coefficient (Wildman–Crippen LogP) is -0.986. The fraction of sp³-hybridized carbons (Fsp3) is 0.765. The van der Waals surface area contributed by atoms with Crippen LogP contribution in [0.3, 0.4) is 0 Å². The van der Waals surface area contributed by atoms with Crippen molar-refractivity contribution in [1.29, 1.82) is 0 Å². The highest BCUT2D eigenvalue weighted by Gasteiger charge is 2.58. The number of carbonyl (C=O) groups excluding carboxylic acids is 2. The van der Waals surface area contributed by atoms with Crippen molar-refractivity contribution in [3.63, 3.8) is 0 Å². The van der Waals surface area contributed by atoms with Crippen LogP contribution in [0.5, 0.6) is 0 Å². The van der Waals surface area contributed by atoms with Gasteiger partial charge in [0.15, 0.2) is 0 Å². The maximum Gasteiger partial charge on any atom is 0.235 e. The second-order valence-electron chi connectivity index (χ2n) is 7.90. The Morgan fingerprint density at radius 2 is 2.20 bits per heavy atom. The molecule has 25 heavy (non-hydrogen) atoms. The Hall–Kier alpha value is -1.09. The van der Waals surface area contributed by atoms with E-state index in [2.05, 4.69) is 14.1 Å². The van der Waals surface area contributed by atoms with E-state index >= 15 is 0 Å². The standard InChI is InChI=1S/C17H26N2O5S/c1-9-13-12(10(2)20)16(21)18(13)14(17(22)23)15(9)25-8-11-7-19(3,4)5-6-24-11/h9-13,20H,5-8H2,1-4H3/t9-,10-,11?,12-,13-/m1/s1. The first-order chi connectivity index (χ1) is 11.6. The lowest BCUT2D eigenvalue weighted by atomic mass is 9.79. The van der Waals surface area contributed by atoms with E-state index in [1.54, 1.807) is 6.92 Å². The van der Waals surface area contributed by atoms with Crippen LogP contribution in [0.25, 0.3) is 0 Å². The number of nitrogens with zero attached hydrogens (tertiary/aromatic N) is 2. The highest BCUT2D eigenvalue weighted by atomic mass is 32.2. The number of thioether (sulfide) groups is 1. The minimum atomic E-state index is -1.32. The smallest absolute Gasteiger partial charge is 0.235 e. The van der Waals surface area contributed by atoms with Gasteiger partial charge in [0.25, 0.3) is 0 Å². The first-order valence-electron chi connectivity index (χ1n) is 8.67. The largest absolute Gasteiger partial charge is 0.543 e. The number of aliphatic carboxylic acids is 1. The molecular formula is C17H26N2O5S. The molecule has 0 bridgehead atoms. The van der Waals surface area contributed by atoms with Gasteiger partial charge in [0, 0.05) is 16.6 Å². The van der Waals surface area contributed by atoms with Gasteiger partial charge in [-0.1, -0.05) is 6.92 Å². The molecule has 2 fully saturated rings. The summed E-state index contributed by atoms with van der Waals surface area (Å²) < 4.78 is 6.69. The maximum absolute atomic E-state index is 12.3. The molecule has 1 unspecified atom stereocenters. The number of β-lactam (4-membered cyclic amide) rings is 1. The molecule has 0 aromatic rings. The summed E-state index contributed by atoms with van der Waals surface area (Å²) in [7, 11) is 4.31. The number of carboxylic acid groups (broad SMARTS) is 1. The van der Waals surface area contributed by atoms with Gasteiger partial charge in [-0.25, -0.2) is 0 Å². The Labute approximate surface area is 152 Å². The number of morpholine rings is 1. The number of fused-ring (bicyclic) bond motifs is 1. The molecule has 5 atom stereocenters. The van der Waals surface area contributed by atoms with Gasteiger partial charge in [-0.15, -0.1) is 11.8 Å². The van der Waals surface area contributed by atoms with Crippen molar-refractivity contribution in [2.24, 2.45) is 11.8 Å². The first kappa shape index (κ1) is 18.7. The van der Waals surface area contributed by atoms with Crippen LogP contribution in [0.15, 0.2) is 10.6 Å². The van der Waals surface area contributed by atoms with Gasteiger partial charge in [0.2, 0.25) is 5.91 Å². The summed E-state index contributed by atoms with van der Waals surface area (Å²) in [5.74, 6) is -1.67. The summed E-state index contributed by atoms with van der Waals surface area (Å²) in [6, 6.07) is -0.289. The fourth-order valence-electron chi connectivity index (χ4n) is 4.15. The minimum Gasteiger partial charge on any atom is -0.543 e. The van der Waals surface area contributed by atoms with Crippen LogP contribution in [0, 0.1) is 11.8 Å². The zero-order valence-electron chi connectivity index (χ0n) is 15.1. The molecule has 0 saturated carbocycles. The van der Waals surface area contributed by atoms with E-state index in [1.165, 1.54) is 16.7 Å². The molecule has 2 saturated heterocycles. The summed E-state index contributed by atoms with van der Waals surface area (Å²) >= 11 is 1.45. The molecule has 0 radical (unpaired) electrons. The maximum atomic E-state index is 12.3. The van der Waals surface area contributed by atoms with E-state index < -0.39 is 18.0 Å². The van der Waals surface area contributed by atoms with Gasteiger partial charge in [0.05, 0.1) is 50.4 Å². The van der Waals surface area contributed by atoms with Crippen LogP contribution in [0.4, 0.5) is 0 Å². The lowest BCUT2D eigenvalue weighted by Crippen LogP contribution is -2.64. The molecule has 0 aliphatic carbocycles. The quantitative estimate of drug-likeness (QED) is 0.494. The highest BCUT2D eigenvalue weighted by molar-refractivity contribution is 8.03. The Morgan fingerprint density at radius 1 is 1.52 bits per heavy atom. The topological polar surface area (TPSA) is 89.9 Å². The summed E-state index contributed by atoms with van der Waals surface area (Å²) in [5.41, 5.74) is -0.0195. The van der Waals surface area contributed by atoms with Crippen LogP contribution >= 0.6 is 11.8 Å². The van der Waals surface area contributed by atoms with Crippen LogP contribution in [-0.2, 0) is 14.3 Å². The normalized spacial score (nSPS) is 35.4. The van der Waals surface area contributed by atoms with E-state index in [0.717, 1.165) is 17.6 Å². The SMILES string of the molecule is C[C@@H](O)[C@H]1C(=O)N2C(C(=O)[O-])=C(SCC3C[N+](C)(C)CCO3)[C@H](C)[C@H]12. The van der Waals surface area contributed by atoms with Gasteiger partial charge in [-0.2, -0.15) is 0 Å². The molecule has 8 heteroatoms. The zero-order valence-corrected chi connectivity index (χ0v) is 15.9.